The highest BCUT2D eigenvalue weighted by Gasteiger charge is 2.25. The van der Waals surface area contributed by atoms with Crippen molar-refractivity contribution in [1.82, 2.24) is 4.98 Å². The molecule has 34 heavy (non-hydrogen) atoms. The van der Waals surface area contributed by atoms with Crippen molar-refractivity contribution in [1.29, 1.82) is 0 Å². The van der Waals surface area contributed by atoms with Crippen LogP contribution in [0.25, 0.3) is 43.8 Å². The summed E-state index contributed by atoms with van der Waals surface area (Å²) in [6.45, 7) is 2.06. The molecule has 5 rings (SSSR count). The number of hydrogen-bond donors (Lipinski definition) is 0. The van der Waals surface area contributed by atoms with E-state index in [-0.39, 0.29) is 0 Å². The Kier molecular flexibility index (Phi) is 5.36. The smallest absolute Gasteiger partial charge is 0.239 e. The molecule has 0 amide bonds. The van der Waals surface area contributed by atoms with Gasteiger partial charge in [-0.1, -0.05) is 30.3 Å². The van der Waals surface area contributed by atoms with Gasteiger partial charge >= 0.3 is 0 Å². The van der Waals surface area contributed by atoms with Crippen molar-refractivity contribution in [2.75, 3.05) is 28.4 Å². The van der Waals surface area contributed by atoms with Crippen molar-refractivity contribution in [2.45, 2.75) is 6.92 Å². The molecule has 6 heteroatoms. The molecular formula is C28H27N2O4+. The third-order valence-electron chi connectivity index (χ3n) is 6.41. The Labute approximate surface area is 198 Å². The maximum atomic E-state index is 5.75. The lowest BCUT2D eigenvalue weighted by atomic mass is 9.94. The van der Waals surface area contributed by atoms with Crippen LogP contribution in [-0.2, 0) is 7.05 Å². The molecule has 0 aliphatic carbocycles. The predicted molar refractivity (Wildman–Crippen MR) is 134 cm³/mol. The third kappa shape index (κ3) is 3.17. The van der Waals surface area contributed by atoms with Gasteiger partial charge in [-0.3, -0.25) is 0 Å². The Morgan fingerprint density at radius 3 is 1.97 bits per heavy atom. The number of methoxy groups -OCH3 is 4. The molecule has 4 aromatic carbocycles. The van der Waals surface area contributed by atoms with Gasteiger partial charge in [0.25, 0.3) is 0 Å². The van der Waals surface area contributed by atoms with Crippen LogP contribution in [0.4, 0.5) is 0 Å². The summed E-state index contributed by atoms with van der Waals surface area (Å²) in [6.07, 6.45) is 2.07. The van der Waals surface area contributed by atoms with Crippen LogP contribution in [0.2, 0.25) is 0 Å². The largest absolute Gasteiger partial charge is 0.493 e. The molecule has 1 heterocycles. The minimum Gasteiger partial charge on any atom is -0.493 e. The predicted octanol–water partition coefficient (Wildman–Crippen LogP) is 5.38. The number of hydrogen-bond acceptors (Lipinski definition) is 5. The molecule has 0 N–H and O–H groups in total. The molecule has 0 spiro atoms. The summed E-state index contributed by atoms with van der Waals surface area (Å²) in [5, 5.41) is 4.06. The third-order valence-corrected chi connectivity index (χ3v) is 6.41. The lowest BCUT2D eigenvalue weighted by Crippen LogP contribution is -2.30. The molecule has 0 unspecified atom stereocenters. The second-order valence-electron chi connectivity index (χ2n) is 8.21. The Morgan fingerprint density at radius 1 is 0.735 bits per heavy atom. The monoisotopic (exact) mass is 455 g/mol. The van der Waals surface area contributed by atoms with Crippen molar-refractivity contribution < 1.29 is 23.5 Å². The zero-order valence-electron chi connectivity index (χ0n) is 20.2. The van der Waals surface area contributed by atoms with Crippen molar-refractivity contribution in [3.63, 3.8) is 0 Å². The highest BCUT2D eigenvalue weighted by atomic mass is 16.5. The SMILES string of the molecule is COc1cc2c(cc1OC)c1nc(-c3ccccc3)c[n+](C)c1c1c(C)c(OC)c(OC)cc21. The second kappa shape index (κ2) is 8.37. The van der Waals surface area contributed by atoms with Crippen molar-refractivity contribution in [3.8, 4) is 34.3 Å². The fraction of sp³-hybridized carbons (Fsp3) is 0.214. The molecule has 0 aliphatic heterocycles. The minimum atomic E-state index is 0.655. The summed E-state index contributed by atoms with van der Waals surface area (Å²) in [7, 11) is 8.67. The van der Waals surface area contributed by atoms with Gasteiger partial charge in [-0.2, -0.15) is 4.57 Å². The molecule has 0 radical (unpaired) electrons. The van der Waals surface area contributed by atoms with Crippen LogP contribution < -0.4 is 23.5 Å². The first-order chi connectivity index (χ1) is 16.5. The zero-order valence-corrected chi connectivity index (χ0v) is 20.2. The van der Waals surface area contributed by atoms with Gasteiger partial charge in [0.05, 0.1) is 33.8 Å². The molecular weight excluding hydrogens is 428 g/mol. The average Bonchev–Trinajstić information content (AvgIpc) is 2.87. The number of ether oxygens (including phenoxy) is 4. The number of rotatable bonds is 5. The first kappa shape index (κ1) is 21.8. The summed E-state index contributed by atoms with van der Waals surface area (Å²) in [4.78, 5) is 5.17. The van der Waals surface area contributed by atoms with Crippen LogP contribution in [0.1, 0.15) is 5.56 Å². The van der Waals surface area contributed by atoms with E-state index in [0.717, 1.165) is 49.4 Å². The van der Waals surface area contributed by atoms with Crippen LogP contribution in [0.3, 0.4) is 0 Å². The molecule has 6 nitrogen and oxygen atoms in total. The second-order valence-corrected chi connectivity index (χ2v) is 8.21. The summed E-state index contributed by atoms with van der Waals surface area (Å²) >= 11 is 0. The zero-order chi connectivity index (χ0) is 24.0. The lowest BCUT2D eigenvalue weighted by molar-refractivity contribution is -0.643. The fourth-order valence-electron chi connectivity index (χ4n) is 4.84. The van der Waals surface area contributed by atoms with Crippen molar-refractivity contribution in [2.24, 2.45) is 7.05 Å². The van der Waals surface area contributed by atoms with Gasteiger partial charge in [-0.15, -0.1) is 0 Å². The lowest BCUT2D eigenvalue weighted by Gasteiger charge is -2.17. The van der Waals surface area contributed by atoms with Crippen molar-refractivity contribution in [3.05, 3.63) is 60.3 Å². The van der Waals surface area contributed by atoms with Gasteiger partial charge in [-0.05, 0) is 30.5 Å². The van der Waals surface area contributed by atoms with E-state index in [9.17, 15) is 0 Å². The summed E-state index contributed by atoms with van der Waals surface area (Å²) in [6, 6.07) is 16.2. The summed E-state index contributed by atoms with van der Waals surface area (Å²) in [5.41, 5.74) is 4.82. The van der Waals surface area contributed by atoms with Gasteiger partial charge in [0.1, 0.15) is 18.3 Å². The van der Waals surface area contributed by atoms with Crippen LogP contribution in [0.15, 0.2) is 54.7 Å². The maximum absolute atomic E-state index is 5.75. The molecule has 0 aliphatic rings. The van der Waals surface area contributed by atoms with E-state index in [1.807, 2.05) is 36.4 Å². The number of fused-ring (bicyclic) bond motifs is 6. The molecule has 5 aromatic rings. The standard InChI is InChI=1S/C28H27N2O4/c1-16-25-19(13-24(33-5)28(16)34-6)18-12-22(31-3)23(32-4)14-20(18)26-27(25)30(2)15-21(29-26)17-10-8-7-9-11-17/h7-15H,1-6H3/q+1. The molecule has 0 bridgehead atoms. The number of aryl methyl sites for hydroxylation is 2. The fourth-order valence-corrected chi connectivity index (χ4v) is 4.84. The Morgan fingerprint density at radius 2 is 1.35 bits per heavy atom. The van der Waals surface area contributed by atoms with E-state index < -0.39 is 0 Å². The highest BCUT2D eigenvalue weighted by Crippen LogP contribution is 2.45. The number of aromatic nitrogens is 2. The molecule has 0 saturated carbocycles. The Bertz CT molecular complexity index is 1560. The van der Waals surface area contributed by atoms with Gasteiger partial charge in [0.15, 0.2) is 29.2 Å². The highest BCUT2D eigenvalue weighted by molar-refractivity contribution is 6.24. The average molecular weight is 456 g/mol. The molecule has 172 valence electrons. The van der Waals surface area contributed by atoms with E-state index in [2.05, 4.69) is 36.9 Å². The van der Waals surface area contributed by atoms with E-state index in [1.54, 1.807) is 28.4 Å². The van der Waals surface area contributed by atoms with Gasteiger partial charge in [-0.25, -0.2) is 4.98 Å². The normalized spacial score (nSPS) is 11.2. The van der Waals surface area contributed by atoms with Gasteiger partial charge in [0.2, 0.25) is 5.52 Å². The Hall–Kier alpha value is -4.06. The van der Waals surface area contributed by atoms with Crippen LogP contribution >= 0.6 is 0 Å². The molecule has 1 aromatic heterocycles. The maximum Gasteiger partial charge on any atom is 0.239 e. The first-order valence-corrected chi connectivity index (χ1v) is 11.0. The summed E-state index contributed by atoms with van der Waals surface area (Å²) < 4.78 is 24.9. The first-order valence-electron chi connectivity index (χ1n) is 11.0. The minimum absolute atomic E-state index is 0.655. The van der Waals surface area contributed by atoms with E-state index in [1.165, 1.54) is 0 Å². The molecule has 0 atom stereocenters. The van der Waals surface area contributed by atoms with Gasteiger partial charge in [0, 0.05) is 21.9 Å². The molecule has 0 fully saturated rings. The van der Waals surface area contributed by atoms with E-state index in [0.29, 0.717) is 23.0 Å². The van der Waals surface area contributed by atoms with E-state index >= 15 is 0 Å². The quantitative estimate of drug-likeness (QED) is 0.263. The topological polar surface area (TPSA) is 53.7 Å². The van der Waals surface area contributed by atoms with Crippen LogP contribution in [0.5, 0.6) is 23.0 Å². The molecule has 0 saturated heterocycles. The summed E-state index contributed by atoms with van der Waals surface area (Å²) in [5.74, 6) is 2.71. The number of nitrogens with zero attached hydrogens (tertiary/aromatic N) is 2. The Balaban J connectivity index is 2.06. The van der Waals surface area contributed by atoms with Crippen LogP contribution in [-0.4, -0.2) is 33.4 Å². The number of benzene rings is 4. The van der Waals surface area contributed by atoms with E-state index in [4.69, 9.17) is 23.9 Å². The van der Waals surface area contributed by atoms with Gasteiger partial charge < -0.3 is 18.9 Å². The van der Waals surface area contributed by atoms with Crippen molar-refractivity contribution >= 4 is 32.6 Å². The van der Waals surface area contributed by atoms with Crippen LogP contribution in [0, 0.1) is 6.92 Å².